The Labute approximate surface area is 69.2 Å². The van der Waals surface area contributed by atoms with Crippen LogP contribution in [0.2, 0.25) is 10.3 Å². The van der Waals surface area contributed by atoms with E-state index >= 15 is 0 Å². The molecule has 0 bridgehead atoms. The third-order valence-corrected chi connectivity index (χ3v) is 1.85. The molecule has 0 amide bonds. The van der Waals surface area contributed by atoms with E-state index in [2.05, 4.69) is 9.97 Å². The SMILES string of the molecule is CCc1c(Cl)ncnc1Cl. The average molecular weight is 177 g/mol. The van der Waals surface area contributed by atoms with Gasteiger partial charge < -0.3 is 0 Å². The van der Waals surface area contributed by atoms with E-state index in [1.165, 1.54) is 6.33 Å². The molecule has 4 heteroatoms. The highest BCUT2D eigenvalue weighted by molar-refractivity contribution is 6.34. The summed E-state index contributed by atoms with van der Waals surface area (Å²) in [7, 11) is 0. The first kappa shape index (κ1) is 7.76. The summed E-state index contributed by atoms with van der Waals surface area (Å²) < 4.78 is 0. The molecule has 0 unspecified atom stereocenters. The molecule has 0 radical (unpaired) electrons. The largest absolute Gasteiger partial charge is 0.224 e. The van der Waals surface area contributed by atoms with Crippen LogP contribution in [0, 0.1) is 0 Å². The van der Waals surface area contributed by atoms with Crippen LogP contribution in [0.4, 0.5) is 0 Å². The van der Waals surface area contributed by atoms with Gasteiger partial charge in [0, 0.05) is 5.56 Å². The van der Waals surface area contributed by atoms with E-state index in [0.717, 1.165) is 12.0 Å². The maximum atomic E-state index is 5.69. The molecule has 0 aliphatic carbocycles. The molecule has 2 nitrogen and oxygen atoms in total. The van der Waals surface area contributed by atoms with E-state index in [9.17, 15) is 0 Å². The van der Waals surface area contributed by atoms with Crippen molar-refractivity contribution in [1.29, 1.82) is 0 Å². The Balaban J connectivity index is 3.17. The maximum absolute atomic E-state index is 5.69. The van der Waals surface area contributed by atoms with Crippen LogP contribution >= 0.6 is 23.2 Å². The molecule has 1 aromatic rings. The van der Waals surface area contributed by atoms with Crippen molar-refractivity contribution in [3.05, 3.63) is 22.2 Å². The van der Waals surface area contributed by atoms with Gasteiger partial charge in [0.25, 0.3) is 0 Å². The molecular formula is C6H6Cl2N2. The van der Waals surface area contributed by atoms with E-state index in [0.29, 0.717) is 10.3 Å². The van der Waals surface area contributed by atoms with E-state index in [1.54, 1.807) is 0 Å². The molecule has 0 aromatic carbocycles. The van der Waals surface area contributed by atoms with Gasteiger partial charge in [0.15, 0.2) is 0 Å². The van der Waals surface area contributed by atoms with Crippen LogP contribution in [0.5, 0.6) is 0 Å². The molecule has 0 saturated heterocycles. The summed E-state index contributed by atoms with van der Waals surface area (Å²) in [5.74, 6) is 0. The Bertz CT molecular complexity index is 217. The van der Waals surface area contributed by atoms with Crippen molar-refractivity contribution in [2.24, 2.45) is 0 Å². The van der Waals surface area contributed by atoms with Crippen LogP contribution in [0.3, 0.4) is 0 Å². The van der Waals surface area contributed by atoms with Gasteiger partial charge in [-0.1, -0.05) is 30.1 Å². The third kappa shape index (κ3) is 1.39. The van der Waals surface area contributed by atoms with Crippen LogP contribution < -0.4 is 0 Å². The van der Waals surface area contributed by atoms with Crippen molar-refractivity contribution in [1.82, 2.24) is 9.97 Å². The van der Waals surface area contributed by atoms with Crippen molar-refractivity contribution in [3.8, 4) is 0 Å². The zero-order valence-electron chi connectivity index (χ0n) is 5.43. The molecule has 0 N–H and O–H groups in total. The Hall–Kier alpha value is -0.340. The van der Waals surface area contributed by atoms with E-state index in [1.807, 2.05) is 6.92 Å². The molecular weight excluding hydrogens is 171 g/mol. The Morgan fingerprint density at radius 3 is 2.10 bits per heavy atom. The Morgan fingerprint density at radius 2 is 1.80 bits per heavy atom. The zero-order valence-corrected chi connectivity index (χ0v) is 6.95. The fourth-order valence-electron chi connectivity index (χ4n) is 0.663. The molecule has 1 heterocycles. The first-order valence-electron chi connectivity index (χ1n) is 2.90. The smallest absolute Gasteiger partial charge is 0.137 e. The number of halogens is 2. The summed E-state index contributed by atoms with van der Waals surface area (Å²) in [5.41, 5.74) is 0.811. The van der Waals surface area contributed by atoms with Gasteiger partial charge in [0.05, 0.1) is 0 Å². The van der Waals surface area contributed by atoms with E-state index in [4.69, 9.17) is 23.2 Å². The van der Waals surface area contributed by atoms with Gasteiger partial charge in [-0.2, -0.15) is 0 Å². The number of nitrogens with zero attached hydrogens (tertiary/aromatic N) is 2. The fourth-order valence-corrected chi connectivity index (χ4v) is 1.24. The lowest BCUT2D eigenvalue weighted by Gasteiger charge is -1.98. The molecule has 1 rings (SSSR count). The molecule has 0 spiro atoms. The second-order valence-corrected chi connectivity index (χ2v) is 2.50. The maximum Gasteiger partial charge on any atom is 0.137 e. The standard InChI is InChI=1S/C6H6Cl2N2/c1-2-4-5(7)9-3-10-6(4)8/h3H,2H2,1H3. The lowest BCUT2D eigenvalue weighted by atomic mass is 10.3. The minimum atomic E-state index is 0.447. The van der Waals surface area contributed by atoms with Gasteiger partial charge >= 0.3 is 0 Å². The highest BCUT2D eigenvalue weighted by atomic mass is 35.5. The van der Waals surface area contributed by atoms with Crippen molar-refractivity contribution in [2.45, 2.75) is 13.3 Å². The summed E-state index contributed by atoms with van der Waals surface area (Å²) in [6, 6.07) is 0. The second-order valence-electron chi connectivity index (χ2n) is 1.79. The quantitative estimate of drug-likeness (QED) is 0.615. The number of aromatic nitrogens is 2. The molecule has 0 aliphatic rings. The summed E-state index contributed by atoms with van der Waals surface area (Å²) >= 11 is 11.4. The van der Waals surface area contributed by atoms with Crippen LogP contribution in [0.25, 0.3) is 0 Å². The van der Waals surface area contributed by atoms with Gasteiger partial charge in [0.2, 0.25) is 0 Å². The van der Waals surface area contributed by atoms with Gasteiger partial charge in [-0.05, 0) is 6.42 Å². The molecule has 10 heavy (non-hydrogen) atoms. The van der Waals surface area contributed by atoms with Gasteiger partial charge in [-0.15, -0.1) is 0 Å². The molecule has 0 atom stereocenters. The van der Waals surface area contributed by atoms with Crippen molar-refractivity contribution in [3.63, 3.8) is 0 Å². The van der Waals surface area contributed by atoms with Crippen LogP contribution in [0.1, 0.15) is 12.5 Å². The number of hydrogen-bond donors (Lipinski definition) is 0. The lowest BCUT2D eigenvalue weighted by Crippen LogP contribution is -1.89. The second kappa shape index (κ2) is 3.17. The molecule has 54 valence electrons. The average Bonchev–Trinajstić information content (AvgIpc) is 1.88. The first-order valence-corrected chi connectivity index (χ1v) is 3.66. The van der Waals surface area contributed by atoms with Gasteiger partial charge in [-0.25, -0.2) is 9.97 Å². The predicted octanol–water partition coefficient (Wildman–Crippen LogP) is 2.35. The fraction of sp³-hybridized carbons (Fsp3) is 0.333. The number of rotatable bonds is 1. The minimum absolute atomic E-state index is 0.447. The zero-order chi connectivity index (χ0) is 7.56. The molecule has 0 fully saturated rings. The topological polar surface area (TPSA) is 25.8 Å². The highest BCUT2D eigenvalue weighted by Gasteiger charge is 2.03. The first-order chi connectivity index (χ1) is 4.75. The van der Waals surface area contributed by atoms with Crippen LogP contribution in [-0.4, -0.2) is 9.97 Å². The van der Waals surface area contributed by atoms with E-state index < -0.39 is 0 Å². The Morgan fingerprint density at radius 1 is 1.30 bits per heavy atom. The Kier molecular flexibility index (Phi) is 2.46. The van der Waals surface area contributed by atoms with Crippen LogP contribution in [0.15, 0.2) is 6.33 Å². The van der Waals surface area contributed by atoms with Gasteiger partial charge in [-0.3, -0.25) is 0 Å². The summed E-state index contributed by atoms with van der Waals surface area (Å²) in [4.78, 5) is 7.56. The molecule has 0 saturated carbocycles. The summed E-state index contributed by atoms with van der Waals surface area (Å²) in [6.07, 6.45) is 2.11. The van der Waals surface area contributed by atoms with E-state index in [-0.39, 0.29) is 0 Å². The summed E-state index contributed by atoms with van der Waals surface area (Å²) in [5, 5.41) is 0.894. The predicted molar refractivity (Wildman–Crippen MR) is 41.4 cm³/mol. The van der Waals surface area contributed by atoms with Gasteiger partial charge in [0.1, 0.15) is 16.6 Å². The normalized spacial score (nSPS) is 9.90. The highest BCUT2D eigenvalue weighted by Crippen LogP contribution is 2.19. The number of hydrogen-bond acceptors (Lipinski definition) is 2. The third-order valence-electron chi connectivity index (χ3n) is 1.19. The monoisotopic (exact) mass is 176 g/mol. The minimum Gasteiger partial charge on any atom is -0.224 e. The lowest BCUT2D eigenvalue weighted by molar-refractivity contribution is 1.04. The van der Waals surface area contributed by atoms with Crippen LogP contribution in [-0.2, 0) is 6.42 Å². The van der Waals surface area contributed by atoms with Crippen molar-refractivity contribution in [2.75, 3.05) is 0 Å². The van der Waals surface area contributed by atoms with Crippen molar-refractivity contribution >= 4 is 23.2 Å². The summed E-state index contributed by atoms with van der Waals surface area (Å²) in [6.45, 7) is 1.95. The molecule has 1 aromatic heterocycles. The van der Waals surface area contributed by atoms with Crippen molar-refractivity contribution < 1.29 is 0 Å². The molecule has 0 aliphatic heterocycles.